The number of aromatic nitrogens is 2. The highest BCUT2D eigenvalue weighted by molar-refractivity contribution is 7.91. The van der Waals surface area contributed by atoms with Gasteiger partial charge in [0.25, 0.3) is 0 Å². The van der Waals surface area contributed by atoms with Crippen molar-refractivity contribution >= 4 is 43.9 Å². The van der Waals surface area contributed by atoms with Crippen molar-refractivity contribution in [3.05, 3.63) is 66.2 Å². The number of hydrogen-bond acceptors (Lipinski definition) is 5. The number of aromatic amines is 1. The molecule has 8 heteroatoms. The monoisotopic (exact) mass is 458 g/mol. The Kier molecular flexibility index (Phi) is 7.01. The predicted molar refractivity (Wildman–Crippen MR) is 128 cm³/mol. The minimum atomic E-state index is -3.75. The summed E-state index contributed by atoms with van der Waals surface area (Å²) in [5, 5.41) is 9.40. The highest BCUT2D eigenvalue weighted by Crippen LogP contribution is 2.31. The first kappa shape index (κ1) is 23.2. The van der Waals surface area contributed by atoms with Gasteiger partial charge in [-0.25, -0.2) is 8.42 Å². The van der Waals surface area contributed by atoms with Crippen LogP contribution in [0.5, 0.6) is 0 Å². The summed E-state index contributed by atoms with van der Waals surface area (Å²) in [6.45, 7) is 2.63. The van der Waals surface area contributed by atoms with E-state index >= 15 is 0 Å². The molecule has 0 aliphatic heterocycles. The number of nitrogens with zero attached hydrogens (tertiary/aromatic N) is 3. The molecule has 31 heavy (non-hydrogen) atoms. The fourth-order valence-electron chi connectivity index (χ4n) is 3.64. The van der Waals surface area contributed by atoms with Crippen LogP contribution in [0.15, 0.2) is 70.6 Å². The number of H-pyrrole nitrogens is 1. The largest absolute Gasteiger partial charge is 0.308 e. The maximum Gasteiger partial charge on any atom is 0.224 e. The number of hydrogen-bond donors (Lipinski definition) is 1. The lowest BCUT2D eigenvalue weighted by atomic mass is 10.1. The number of benzene rings is 3. The zero-order valence-corrected chi connectivity index (χ0v) is 19.5. The van der Waals surface area contributed by atoms with Gasteiger partial charge in [0, 0.05) is 30.4 Å². The van der Waals surface area contributed by atoms with E-state index in [1.165, 1.54) is 0 Å². The SMILES string of the molecule is CN(C)CCN(C)Cc1ccc2n[nH]c(S(=O)(=O)c3cccc4ccccc34)c2c1.Cl. The summed E-state index contributed by atoms with van der Waals surface area (Å²) < 4.78 is 27.1. The van der Waals surface area contributed by atoms with Crippen molar-refractivity contribution in [1.29, 1.82) is 0 Å². The summed E-state index contributed by atoms with van der Waals surface area (Å²) in [7, 11) is 2.42. The molecule has 6 nitrogen and oxygen atoms in total. The van der Waals surface area contributed by atoms with Crippen LogP contribution >= 0.6 is 12.4 Å². The topological polar surface area (TPSA) is 69.3 Å². The van der Waals surface area contributed by atoms with Crippen molar-refractivity contribution < 1.29 is 8.42 Å². The number of nitrogens with one attached hydrogen (secondary N) is 1. The van der Waals surface area contributed by atoms with Crippen LogP contribution in [0.4, 0.5) is 0 Å². The van der Waals surface area contributed by atoms with Gasteiger partial charge in [-0.2, -0.15) is 5.10 Å². The van der Waals surface area contributed by atoms with E-state index in [1.54, 1.807) is 12.1 Å². The Morgan fingerprint density at radius 1 is 0.903 bits per heavy atom. The fourth-order valence-corrected chi connectivity index (χ4v) is 5.21. The van der Waals surface area contributed by atoms with Crippen molar-refractivity contribution in [2.75, 3.05) is 34.2 Å². The number of fused-ring (bicyclic) bond motifs is 2. The van der Waals surface area contributed by atoms with Crippen LogP contribution in [0.3, 0.4) is 0 Å². The second kappa shape index (κ2) is 9.36. The molecule has 1 aromatic heterocycles. The van der Waals surface area contributed by atoms with E-state index in [9.17, 15) is 8.42 Å². The molecule has 0 fully saturated rings. The maximum absolute atomic E-state index is 13.5. The zero-order chi connectivity index (χ0) is 21.3. The van der Waals surface area contributed by atoms with Gasteiger partial charge in [-0.05, 0) is 50.3 Å². The highest BCUT2D eigenvalue weighted by Gasteiger charge is 2.25. The third kappa shape index (κ3) is 4.75. The van der Waals surface area contributed by atoms with Gasteiger partial charge < -0.3 is 9.80 Å². The van der Waals surface area contributed by atoms with Crippen LogP contribution in [0.25, 0.3) is 21.7 Å². The molecule has 0 aliphatic rings. The molecule has 1 heterocycles. The molecule has 3 aromatic carbocycles. The second-order valence-electron chi connectivity index (χ2n) is 7.93. The Labute approximate surface area is 189 Å². The average Bonchev–Trinajstić information content (AvgIpc) is 3.16. The molecule has 0 amide bonds. The quantitative estimate of drug-likeness (QED) is 0.454. The molecule has 0 saturated heterocycles. The Morgan fingerprint density at radius 3 is 2.42 bits per heavy atom. The molecule has 1 N–H and O–H groups in total. The van der Waals surface area contributed by atoms with Gasteiger partial charge in [-0.3, -0.25) is 5.10 Å². The molecule has 0 aliphatic carbocycles. The standard InChI is InChI=1S/C23H26N4O2S.ClH/c1-26(2)13-14-27(3)16-17-11-12-21-20(15-17)23(25-24-21)30(28,29)22-10-6-8-18-7-4-5-9-19(18)22;/h4-12,15H,13-14,16H2,1-3H3,(H,24,25);1H. The highest BCUT2D eigenvalue weighted by atomic mass is 35.5. The van der Waals surface area contributed by atoms with Crippen LogP contribution < -0.4 is 0 Å². The van der Waals surface area contributed by atoms with Crippen molar-refractivity contribution in [1.82, 2.24) is 20.0 Å². The molecule has 4 rings (SSSR count). The van der Waals surface area contributed by atoms with Gasteiger partial charge in [-0.1, -0.05) is 42.5 Å². The Hall–Kier alpha value is -2.45. The Morgan fingerprint density at radius 2 is 1.65 bits per heavy atom. The van der Waals surface area contributed by atoms with Gasteiger partial charge in [0.15, 0.2) is 5.03 Å². The summed E-state index contributed by atoms with van der Waals surface area (Å²) in [5.41, 5.74) is 1.70. The van der Waals surface area contributed by atoms with E-state index in [4.69, 9.17) is 0 Å². The van der Waals surface area contributed by atoms with Crippen molar-refractivity contribution in [3.8, 4) is 0 Å². The van der Waals surface area contributed by atoms with E-state index in [2.05, 4.69) is 41.1 Å². The van der Waals surface area contributed by atoms with Crippen molar-refractivity contribution in [2.24, 2.45) is 0 Å². The van der Waals surface area contributed by atoms with Crippen molar-refractivity contribution in [3.63, 3.8) is 0 Å². The molecule has 0 saturated carbocycles. The lowest BCUT2D eigenvalue weighted by Gasteiger charge is -2.19. The number of sulfone groups is 1. The zero-order valence-electron chi connectivity index (χ0n) is 17.9. The normalized spacial score (nSPS) is 12.0. The minimum absolute atomic E-state index is 0. The van der Waals surface area contributed by atoms with E-state index in [1.807, 2.05) is 48.5 Å². The van der Waals surface area contributed by atoms with E-state index < -0.39 is 9.84 Å². The summed E-state index contributed by atoms with van der Waals surface area (Å²) in [6.07, 6.45) is 0. The first-order valence-electron chi connectivity index (χ1n) is 9.89. The van der Waals surface area contributed by atoms with Crippen molar-refractivity contribution in [2.45, 2.75) is 16.5 Å². The van der Waals surface area contributed by atoms with E-state index in [-0.39, 0.29) is 17.4 Å². The molecule has 0 radical (unpaired) electrons. The molecule has 0 atom stereocenters. The predicted octanol–water partition coefficient (Wildman–Crippen LogP) is 3.96. The minimum Gasteiger partial charge on any atom is -0.308 e. The average molecular weight is 459 g/mol. The molecular formula is C23H27ClN4O2S. The first-order chi connectivity index (χ1) is 14.4. The van der Waals surface area contributed by atoms with E-state index in [0.717, 1.165) is 30.6 Å². The summed E-state index contributed by atoms with van der Waals surface area (Å²) in [6, 6.07) is 18.7. The van der Waals surface area contributed by atoms with Crippen LogP contribution in [0, 0.1) is 0 Å². The van der Waals surface area contributed by atoms with Gasteiger partial charge in [0.1, 0.15) is 0 Å². The fraction of sp³-hybridized carbons (Fsp3) is 0.261. The maximum atomic E-state index is 13.5. The molecule has 4 aromatic rings. The molecule has 0 bridgehead atoms. The van der Waals surface area contributed by atoms with E-state index in [0.29, 0.717) is 21.2 Å². The molecule has 0 spiro atoms. The number of rotatable bonds is 7. The van der Waals surface area contributed by atoms with Crippen LogP contribution in [0.2, 0.25) is 0 Å². The van der Waals surface area contributed by atoms with Gasteiger partial charge in [0.2, 0.25) is 9.84 Å². The van der Waals surface area contributed by atoms with Gasteiger partial charge in [-0.15, -0.1) is 12.4 Å². The third-order valence-electron chi connectivity index (χ3n) is 5.27. The lowest BCUT2D eigenvalue weighted by molar-refractivity contribution is 0.276. The summed E-state index contributed by atoms with van der Waals surface area (Å²) >= 11 is 0. The molecule has 0 unspecified atom stereocenters. The molecular weight excluding hydrogens is 432 g/mol. The number of likely N-dealkylation sites (N-methyl/N-ethyl adjacent to an activating group) is 2. The van der Waals surface area contributed by atoms with Crippen LogP contribution in [-0.4, -0.2) is 62.6 Å². The van der Waals surface area contributed by atoms with Gasteiger partial charge >= 0.3 is 0 Å². The summed E-state index contributed by atoms with van der Waals surface area (Å²) in [5.74, 6) is 0. The van der Waals surface area contributed by atoms with Crippen LogP contribution in [-0.2, 0) is 16.4 Å². The second-order valence-corrected chi connectivity index (χ2v) is 9.78. The number of halogens is 1. The van der Waals surface area contributed by atoms with Crippen LogP contribution in [0.1, 0.15) is 5.56 Å². The summed E-state index contributed by atoms with van der Waals surface area (Å²) in [4.78, 5) is 4.66. The Balaban J connectivity index is 0.00000272. The lowest BCUT2D eigenvalue weighted by Crippen LogP contribution is -2.28. The van der Waals surface area contributed by atoms with Gasteiger partial charge in [0.05, 0.1) is 10.4 Å². The first-order valence-corrected chi connectivity index (χ1v) is 11.4. The third-order valence-corrected chi connectivity index (χ3v) is 7.06. The molecule has 164 valence electrons. The Bertz CT molecular complexity index is 1300. The smallest absolute Gasteiger partial charge is 0.224 e.